The molecule has 8 heteroatoms. The zero-order valence-electron chi connectivity index (χ0n) is 16.9. The Kier molecular flexibility index (Phi) is 9.92. The standard InChI is InChI=1S/C20H30O8/c1-5-7-12-25-20(4,26-13-8-6-2)28-14(3)27-16-11-9-10-15(18(21)22)17(16)19(23)24/h9-11,14H,5-8,12-13H2,1-4H3,(H,21,22)(H,23,24). The summed E-state index contributed by atoms with van der Waals surface area (Å²) in [5, 5.41) is 18.6. The summed E-state index contributed by atoms with van der Waals surface area (Å²) >= 11 is 0. The molecule has 0 fully saturated rings. The summed E-state index contributed by atoms with van der Waals surface area (Å²) in [6.45, 7) is 8.12. The average molecular weight is 398 g/mol. The molecular weight excluding hydrogens is 368 g/mol. The van der Waals surface area contributed by atoms with Crippen molar-refractivity contribution in [3.8, 4) is 5.75 Å². The molecule has 8 nitrogen and oxygen atoms in total. The molecule has 1 aromatic rings. The van der Waals surface area contributed by atoms with Crippen LogP contribution in [0.15, 0.2) is 18.2 Å². The van der Waals surface area contributed by atoms with Crippen LogP contribution < -0.4 is 4.74 Å². The molecule has 0 bridgehead atoms. The van der Waals surface area contributed by atoms with Gasteiger partial charge in [-0.25, -0.2) is 9.59 Å². The number of hydrogen-bond acceptors (Lipinski definition) is 6. The van der Waals surface area contributed by atoms with Crippen molar-refractivity contribution in [1.82, 2.24) is 0 Å². The van der Waals surface area contributed by atoms with Gasteiger partial charge in [-0.2, -0.15) is 0 Å². The molecule has 0 spiro atoms. The molecule has 0 aromatic heterocycles. The average Bonchev–Trinajstić information content (AvgIpc) is 2.61. The fraction of sp³-hybridized carbons (Fsp3) is 0.600. The van der Waals surface area contributed by atoms with Crippen LogP contribution in [0.3, 0.4) is 0 Å². The SMILES string of the molecule is CCCCOC(C)(OCCCC)OC(C)Oc1cccc(C(=O)O)c1C(=O)O. The number of unbranched alkanes of at least 4 members (excludes halogenated alkanes) is 2. The van der Waals surface area contributed by atoms with Crippen molar-refractivity contribution in [3.63, 3.8) is 0 Å². The quantitative estimate of drug-likeness (QED) is 0.355. The van der Waals surface area contributed by atoms with E-state index in [1.165, 1.54) is 18.2 Å². The Hall–Kier alpha value is -2.16. The van der Waals surface area contributed by atoms with Gasteiger partial charge in [0.25, 0.3) is 5.97 Å². The second kappa shape index (κ2) is 11.6. The summed E-state index contributed by atoms with van der Waals surface area (Å²) in [6, 6.07) is 3.99. The minimum Gasteiger partial charge on any atom is -0.478 e. The molecule has 0 aliphatic carbocycles. The number of carboxylic acids is 2. The number of benzene rings is 1. The number of carboxylic acid groups (broad SMARTS) is 2. The maximum absolute atomic E-state index is 11.5. The predicted molar refractivity (Wildman–Crippen MR) is 102 cm³/mol. The van der Waals surface area contributed by atoms with E-state index < -0.39 is 29.8 Å². The number of aromatic carboxylic acids is 2. The first-order valence-electron chi connectivity index (χ1n) is 9.46. The highest BCUT2D eigenvalue weighted by atomic mass is 16.9. The lowest BCUT2D eigenvalue weighted by Gasteiger charge is -2.32. The van der Waals surface area contributed by atoms with Crippen LogP contribution in [0.1, 0.15) is 74.1 Å². The molecule has 0 radical (unpaired) electrons. The topological polar surface area (TPSA) is 112 Å². The molecule has 0 amide bonds. The summed E-state index contributed by atoms with van der Waals surface area (Å²) < 4.78 is 22.8. The van der Waals surface area contributed by atoms with Gasteiger partial charge in [0.2, 0.25) is 6.29 Å². The van der Waals surface area contributed by atoms with Crippen LogP contribution >= 0.6 is 0 Å². The van der Waals surface area contributed by atoms with E-state index in [4.69, 9.17) is 18.9 Å². The molecule has 158 valence electrons. The van der Waals surface area contributed by atoms with Crippen LogP contribution in [0.2, 0.25) is 0 Å². The fourth-order valence-electron chi connectivity index (χ4n) is 2.45. The molecule has 0 saturated carbocycles. The summed E-state index contributed by atoms with van der Waals surface area (Å²) in [7, 11) is 0. The van der Waals surface area contributed by atoms with Gasteiger partial charge in [0.05, 0.1) is 18.8 Å². The lowest BCUT2D eigenvalue weighted by molar-refractivity contribution is -0.399. The molecule has 0 aliphatic heterocycles. The second-order valence-electron chi connectivity index (χ2n) is 6.36. The third kappa shape index (κ3) is 7.46. The van der Waals surface area contributed by atoms with Gasteiger partial charge in [-0.1, -0.05) is 32.8 Å². The zero-order chi connectivity index (χ0) is 21.2. The smallest absolute Gasteiger partial charge is 0.340 e. The maximum atomic E-state index is 11.5. The molecule has 0 heterocycles. The number of rotatable bonds is 14. The Morgan fingerprint density at radius 2 is 1.61 bits per heavy atom. The Morgan fingerprint density at radius 3 is 2.07 bits per heavy atom. The molecule has 2 N–H and O–H groups in total. The molecule has 1 unspecified atom stereocenters. The zero-order valence-corrected chi connectivity index (χ0v) is 16.9. The van der Waals surface area contributed by atoms with Gasteiger partial charge in [0, 0.05) is 6.92 Å². The summed E-state index contributed by atoms with van der Waals surface area (Å²) in [6.07, 6.45) is 2.60. The van der Waals surface area contributed by atoms with Gasteiger partial charge in [-0.05, 0) is 31.9 Å². The fourth-order valence-corrected chi connectivity index (χ4v) is 2.45. The van der Waals surface area contributed by atoms with Crippen LogP contribution in [0.25, 0.3) is 0 Å². The van der Waals surface area contributed by atoms with Crippen molar-refractivity contribution < 1.29 is 38.7 Å². The van der Waals surface area contributed by atoms with E-state index in [9.17, 15) is 19.8 Å². The predicted octanol–water partition coefficient (Wildman–Crippen LogP) is 4.13. The van der Waals surface area contributed by atoms with Gasteiger partial charge in [-0.15, -0.1) is 0 Å². The molecule has 28 heavy (non-hydrogen) atoms. The molecule has 0 saturated heterocycles. The van der Waals surface area contributed by atoms with Gasteiger partial charge < -0.3 is 24.4 Å². The Morgan fingerprint density at radius 1 is 1.04 bits per heavy atom. The highest BCUT2D eigenvalue weighted by Gasteiger charge is 2.31. The van der Waals surface area contributed by atoms with Crippen LogP contribution in [-0.4, -0.2) is 47.6 Å². The number of hydrogen-bond donors (Lipinski definition) is 2. The van der Waals surface area contributed by atoms with Gasteiger partial charge in [-0.3, -0.25) is 4.74 Å². The highest BCUT2D eigenvalue weighted by molar-refractivity contribution is 6.03. The molecule has 1 aromatic carbocycles. The second-order valence-corrected chi connectivity index (χ2v) is 6.36. The van der Waals surface area contributed by atoms with Crippen LogP contribution in [-0.2, 0) is 14.2 Å². The van der Waals surface area contributed by atoms with E-state index in [1.807, 2.05) is 13.8 Å². The van der Waals surface area contributed by atoms with Gasteiger partial charge in [0.15, 0.2) is 0 Å². The number of ether oxygens (including phenoxy) is 4. The molecular formula is C20H30O8. The largest absolute Gasteiger partial charge is 0.478 e. The highest BCUT2D eigenvalue weighted by Crippen LogP contribution is 2.26. The lowest BCUT2D eigenvalue weighted by atomic mass is 10.1. The Bertz CT molecular complexity index is 633. The van der Waals surface area contributed by atoms with E-state index in [-0.39, 0.29) is 11.3 Å². The normalized spacial score (nSPS) is 12.6. The van der Waals surface area contributed by atoms with E-state index in [0.717, 1.165) is 25.7 Å². The molecule has 0 aliphatic rings. The molecule has 1 atom stereocenters. The summed E-state index contributed by atoms with van der Waals surface area (Å²) in [4.78, 5) is 22.8. The van der Waals surface area contributed by atoms with Gasteiger partial charge in [0.1, 0.15) is 11.3 Å². The van der Waals surface area contributed by atoms with Crippen molar-refractivity contribution in [1.29, 1.82) is 0 Å². The van der Waals surface area contributed by atoms with E-state index in [2.05, 4.69) is 0 Å². The minimum absolute atomic E-state index is 0.107. The van der Waals surface area contributed by atoms with Crippen molar-refractivity contribution in [2.24, 2.45) is 0 Å². The Balaban J connectivity index is 2.94. The molecule has 1 rings (SSSR count). The maximum Gasteiger partial charge on any atom is 0.340 e. The van der Waals surface area contributed by atoms with Crippen LogP contribution in [0.5, 0.6) is 5.75 Å². The van der Waals surface area contributed by atoms with Crippen molar-refractivity contribution in [3.05, 3.63) is 29.3 Å². The van der Waals surface area contributed by atoms with Crippen molar-refractivity contribution in [2.75, 3.05) is 13.2 Å². The van der Waals surface area contributed by atoms with Crippen LogP contribution in [0, 0.1) is 0 Å². The van der Waals surface area contributed by atoms with E-state index in [1.54, 1.807) is 13.8 Å². The first kappa shape index (κ1) is 23.9. The van der Waals surface area contributed by atoms with E-state index >= 15 is 0 Å². The lowest BCUT2D eigenvalue weighted by Crippen LogP contribution is -2.41. The summed E-state index contributed by atoms with van der Waals surface area (Å²) in [5.74, 6) is -4.23. The van der Waals surface area contributed by atoms with Gasteiger partial charge >= 0.3 is 11.9 Å². The van der Waals surface area contributed by atoms with E-state index in [0.29, 0.717) is 13.2 Å². The first-order chi connectivity index (χ1) is 13.2. The first-order valence-corrected chi connectivity index (χ1v) is 9.46. The summed E-state index contributed by atoms with van der Waals surface area (Å²) in [5.41, 5.74) is -0.802. The number of carbonyl (C=O) groups is 2. The minimum atomic E-state index is -1.40. The Labute approximate surface area is 165 Å². The van der Waals surface area contributed by atoms with Crippen molar-refractivity contribution >= 4 is 11.9 Å². The third-order valence-corrected chi connectivity index (χ3v) is 3.87. The third-order valence-electron chi connectivity index (χ3n) is 3.87. The monoisotopic (exact) mass is 398 g/mol. The van der Waals surface area contributed by atoms with Crippen molar-refractivity contribution in [2.45, 2.75) is 65.6 Å². The van der Waals surface area contributed by atoms with Crippen LogP contribution in [0.4, 0.5) is 0 Å².